The molecule has 0 aromatic rings. The number of carboxylic acids is 1. The van der Waals surface area contributed by atoms with Crippen LogP contribution in [0.1, 0.15) is 96.8 Å². The molecule has 0 spiro atoms. The predicted molar refractivity (Wildman–Crippen MR) is 107 cm³/mol. The van der Waals surface area contributed by atoms with Gasteiger partial charge in [-0.05, 0) is 6.42 Å². The normalized spacial score (nSPS) is 10.6. The molecule has 5 heteroatoms. The van der Waals surface area contributed by atoms with Crippen LogP contribution in [0.2, 0.25) is 0 Å². The van der Waals surface area contributed by atoms with Crippen molar-refractivity contribution in [2.75, 3.05) is 6.61 Å². The number of aliphatic carboxylic acids is 1. The van der Waals surface area contributed by atoms with E-state index in [9.17, 15) is 9.59 Å². The number of hydrogen-bond donors (Lipinski definition) is 1. The Labute approximate surface area is 183 Å². The Morgan fingerprint density at radius 2 is 1.12 bits per heavy atom. The minimum absolute atomic E-state index is 0. The van der Waals surface area contributed by atoms with Crippen molar-refractivity contribution >= 4 is 49.7 Å². The fraction of sp³-hybridized carbons (Fsp3) is 0.800. The third-order valence-corrected chi connectivity index (χ3v) is 4.10. The van der Waals surface area contributed by atoms with Gasteiger partial charge in [0.1, 0.15) is 0 Å². The molecule has 0 aliphatic heterocycles. The van der Waals surface area contributed by atoms with Crippen LogP contribution in [-0.4, -0.2) is 61.4 Å². The van der Waals surface area contributed by atoms with Crippen molar-refractivity contribution in [2.24, 2.45) is 0 Å². The second-order valence-electron chi connectivity index (χ2n) is 6.44. The van der Waals surface area contributed by atoms with Gasteiger partial charge in [-0.25, -0.2) is 9.59 Å². The van der Waals surface area contributed by atoms with Crippen LogP contribution in [0.25, 0.3) is 0 Å². The SMILES string of the molecule is CCCCCCCCCCCCCCCCOC(=O)/C=C\C(=O)O.[CaH2]. The van der Waals surface area contributed by atoms with Gasteiger partial charge in [-0.3, -0.25) is 0 Å². The first-order valence-corrected chi connectivity index (χ1v) is 9.74. The van der Waals surface area contributed by atoms with Gasteiger partial charge in [0.25, 0.3) is 0 Å². The Kier molecular flexibility index (Phi) is 23.9. The number of hydrogen-bond acceptors (Lipinski definition) is 3. The number of rotatable bonds is 17. The van der Waals surface area contributed by atoms with E-state index in [0.717, 1.165) is 25.0 Å². The molecule has 1 N–H and O–H groups in total. The van der Waals surface area contributed by atoms with Crippen LogP contribution in [0.4, 0.5) is 0 Å². The molecule has 0 atom stereocenters. The monoisotopic (exact) mass is 382 g/mol. The van der Waals surface area contributed by atoms with Gasteiger partial charge >= 0.3 is 49.7 Å². The van der Waals surface area contributed by atoms with Crippen molar-refractivity contribution in [3.8, 4) is 0 Å². The van der Waals surface area contributed by atoms with Gasteiger partial charge < -0.3 is 9.84 Å². The number of carboxylic acid groups (broad SMARTS) is 1. The van der Waals surface area contributed by atoms with Crippen LogP contribution in [-0.2, 0) is 14.3 Å². The van der Waals surface area contributed by atoms with E-state index in [0.29, 0.717) is 6.61 Å². The molecule has 0 radical (unpaired) electrons. The molecule has 0 unspecified atom stereocenters. The van der Waals surface area contributed by atoms with Gasteiger partial charge in [0, 0.05) is 12.2 Å². The first kappa shape index (κ1) is 27.2. The van der Waals surface area contributed by atoms with Crippen molar-refractivity contribution in [3.05, 3.63) is 12.2 Å². The first-order chi connectivity index (χ1) is 11.7. The number of ether oxygens (including phenoxy) is 1. The van der Waals surface area contributed by atoms with Crippen molar-refractivity contribution in [2.45, 2.75) is 96.8 Å². The molecular formula is C20H38CaO4. The van der Waals surface area contributed by atoms with Crippen LogP contribution >= 0.6 is 0 Å². The molecule has 0 bridgehead atoms. The van der Waals surface area contributed by atoms with Crippen molar-refractivity contribution in [1.82, 2.24) is 0 Å². The third kappa shape index (κ3) is 23.9. The molecule has 0 aromatic heterocycles. The summed E-state index contributed by atoms with van der Waals surface area (Å²) in [5, 5.41) is 8.37. The average Bonchev–Trinajstić information content (AvgIpc) is 2.56. The summed E-state index contributed by atoms with van der Waals surface area (Å²) in [6, 6.07) is 0. The first-order valence-electron chi connectivity index (χ1n) is 9.74. The predicted octanol–water partition coefficient (Wildman–Crippen LogP) is 4.74. The van der Waals surface area contributed by atoms with E-state index >= 15 is 0 Å². The maximum atomic E-state index is 11.1. The Hall–Kier alpha value is -0.0603. The Morgan fingerprint density at radius 1 is 0.720 bits per heavy atom. The Balaban J connectivity index is 0. The summed E-state index contributed by atoms with van der Waals surface area (Å²) < 4.78 is 4.91. The number of carbonyl (C=O) groups is 2. The standard InChI is InChI=1S/C20H36O4.Ca.2H/c1-2-3-4-5-6-7-8-9-10-11-12-13-14-15-18-24-20(23)17-16-19(21)22;;;/h16-17H,2-15,18H2,1H3,(H,21,22);;;/b17-16-;;;. The summed E-state index contributed by atoms with van der Waals surface area (Å²) >= 11 is 0. The molecule has 0 saturated heterocycles. The van der Waals surface area contributed by atoms with E-state index in [-0.39, 0.29) is 37.7 Å². The number of unbranched alkanes of at least 4 members (excludes halogenated alkanes) is 13. The molecule has 0 amide bonds. The van der Waals surface area contributed by atoms with Crippen molar-refractivity contribution in [1.29, 1.82) is 0 Å². The third-order valence-electron chi connectivity index (χ3n) is 4.10. The van der Waals surface area contributed by atoms with E-state index in [1.54, 1.807) is 0 Å². The van der Waals surface area contributed by atoms with E-state index in [4.69, 9.17) is 9.84 Å². The molecule has 144 valence electrons. The maximum absolute atomic E-state index is 11.1. The summed E-state index contributed by atoms with van der Waals surface area (Å²) in [7, 11) is 0. The number of esters is 1. The fourth-order valence-corrected chi connectivity index (χ4v) is 2.66. The molecule has 0 saturated carbocycles. The van der Waals surface area contributed by atoms with Gasteiger partial charge in [0.15, 0.2) is 0 Å². The van der Waals surface area contributed by atoms with E-state index in [1.807, 2.05) is 0 Å². The second kappa shape index (κ2) is 22.0. The second-order valence-corrected chi connectivity index (χ2v) is 6.44. The van der Waals surface area contributed by atoms with Crippen LogP contribution in [0.3, 0.4) is 0 Å². The van der Waals surface area contributed by atoms with Gasteiger partial charge in [-0.2, -0.15) is 0 Å². The molecule has 0 fully saturated rings. The molecular weight excluding hydrogens is 344 g/mol. The molecule has 0 aromatic carbocycles. The van der Waals surface area contributed by atoms with Crippen LogP contribution < -0.4 is 0 Å². The zero-order chi connectivity index (χ0) is 17.9. The average molecular weight is 383 g/mol. The fourth-order valence-electron chi connectivity index (χ4n) is 2.66. The van der Waals surface area contributed by atoms with E-state index in [2.05, 4.69) is 6.92 Å². The zero-order valence-corrected chi connectivity index (χ0v) is 15.4. The quantitative estimate of drug-likeness (QED) is 0.171. The van der Waals surface area contributed by atoms with Gasteiger partial charge in [0.05, 0.1) is 6.61 Å². The summed E-state index contributed by atoms with van der Waals surface area (Å²) in [4.78, 5) is 21.3. The van der Waals surface area contributed by atoms with Gasteiger partial charge in [-0.15, -0.1) is 0 Å². The zero-order valence-electron chi connectivity index (χ0n) is 15.4. The van der Waals surface area contributed by atoms with Crippen molar-refractivity contribution < 1.29 is 19.4 Å². The van der Waals surface area contributed by atoms with Gasteiger partial charge in [0.2, 0.25) is 0 Å². The topological polar surface area (TPSA) is 63.6 Å². The van der Waals surface area contributed by atoms with E-state index < -0.39 is 11.9 Å². The molecule has 0 heterocycles. The van der Waals surface area contributed by atoms with Crippen LogP contribution in [0.5, 0.6) is 0 Å². The minimum atomic E-state index is -1.14. The van der Waals surface area contributed by atoms with Crippen LogP contribution in [0.15, 0.2) is 12.2 Å². The summed E-state index contributed by atoms with van der Waals surface area (Å²) in [6.07, 6.45) is 19.8. The molecule has 0 aliphatic rings. The summed E-state index contributed by atoms with van der Waals surface area (Å²) in [6.45, 7) is 2.63. The summed E-state index contributed by atoms with van der Waals surface area (Å²) in [5.41, 5.74) is 0. The summed E-state index contributed by atoms with van der Waals surface area (Å²) in [5.74, 6) is -1.71. The number of carbonyl (C=O) groups excluding carboxylic acids is 1. The molecule has 25 heavy (non-hydrogen) atoms. The molecule has 0 aliphatic carbocycles. The van der Waals surface area contributed by atoms with Crippen LogP contribution in [0, 0.1) is 0 Å². The Morgan fingerprint density at radius 3 is 1.52 bits per heavy atom. The Bertz CT molecular complexity index is 343. The molecule has 0 rings (SSSR count). The van der Waals surface area contributed by atoms with E-state index in [1.165, 1.54) is 77.0 Å². The molecule has 4 nitrogen and oxygen atoms in total. The van der Waals surface area contributed by atoms with Gasteiger partial charge in [-0.1, -0.05) is 90.4 Å². The van der Waals surface area contributed by atoms with Crippen molar-refractivity contribution in [3.63, 3.8) is 0 Å².